The van der Waals surface area contributed by atoms with Crippen LogP contribution in [0, 0.1) is 9.39 Å². The lowest BCUT2D eigenvalue weighted by Crippen LogP contribution is -2.13. The van der Waals surface area contributed by atoms with Crippen LogP contribution in [0.1, 0.15) is 20.7 Å². The van der Waals surface area contributed by atoms with Gasteiger partial charge in [0.05, 0.1) is 10.6 Å². The molecule has 0 unspecified atom stereocenters. The van der Waals surface area contributed by atoms with Gasteiger partial charge in [0.25, 0.3) is 5.91 Å². The molecule has 4 nitrogen and oxygen atoms in total. The van der Waals surface area contributed by atoms with Crippen molar-refractivity contribution in [2.75, 3.05) is 5.32 Å². The highest BCUT2D eigenvalue weighted by Crippen LogP contribution is 2.21. The van der Waals surface area contributed by atoms with Crippen molar-refractivity contribution in [3.8, 4) is 0 Å². The van der Waals surface area contributed by atoms with Gasteiger partial charge in [0.2, 0.25) is 0 Å². The normalized spacial score (nSPS) is 10.2. The maximum atomic E-state index is 13.3. The highest BCUT2D eigenvalue weighted by Gasteiger charge is 2.13. The lowest BCUT2D eigenvalue weighted by Gasteiger charge is -2.07. The molecule has 0 fully saturated rings. The van der Waals surface area contributed by atoms with Gasteiger partial charge in [-0.15, -0.1) is 0 Å². The van der Waals surface area contributed by atoms with Crippen molar-refractivity contribution in [1.82, 2.24) is 0 Å². The van der Waals surface area contributed by atoms with E-state index in [1.807, 2.05) is 22.6 Å². The molecule has 21 heavy (non-hydrogen) atoms. The van der Waals surface area contributed by atoms with Gasteiger partial charge in [-0.1, -0.05) is 11.6 Å². The van der Waals surface area contributed by atoms with Crippen LogP contribution < -0.4 is 5.32 Å². The van der Waals surface area contributed by atoms with E-state index in [9.17, 15) is 14.0 Å². The number of nitrogens with one attached hydrogen (secondary N) is 1. The Kier molecular flexibility index (Phi) is 4.79. The molecule has 0 aliphatic carbocycles. The Labute approximate surface area is 138 Å². The Hall–Kier alpha value is -1.67. The predicted octanol–water partition coefficient (Wildman–Crippen LogP) is 4.03. The van der Waals surface area contributed by atoms with Crippen LogP contribution in [0.2, 0.25) is 5.02 Å². The van der Waals surface area contributed by atoms with Gasteiger partial charge in [-0.2, -0.15) is 0 Å². The Morgan fingerprint density at radius 1 is 1.19 bits per heavy atom. The molecule has 2 rings (SSSR count). The van der Waals surface area contributed by atoms with Crippen molar-refractivity contribution in [2.24, 2.45) is 0 Å². The fourth-order valence-corrected chi connectivity index (χ4v) is 2.12. The number of hydrogen-bond acceptors (Lipinski definition) is 2. The zero-order valence-corrected chi connectivity index (χ0v) is 13.3. The minimum absolute atomic E-state index is 0.188. The average molecular weight is 420 g/mol. The quantitative estimate of drug-likeness (QED) is 0.738. The maximum absolute atomic E-state index is 13.3. The van der Waals surface area contributed by atoms with E-state index in [1.165, 1.54) is 12.1 Å². The minimum atomic E-state index is -1.40. The first-order valence-corrected chi connectivity index (χ1v) is 7.13. The molecule has 0 radical (unpaired) electrons. The average Bonchev–Trinajstić information content (AvgIpc) is 2.43. The van der Waals surface area contributed by atoms with Gasteiger partial charge in [-0.05, 0) is 59.0 Å². The first kappa shape index (κ1) is 15.7. The lowest BCUT2D eigenvalue weighted by molar-refractivity contribution is 0.0691. The second-order valence-corrected chi connectivity index (χ2v) is 5.65. The Balaban J connectivity index is 2.25. The number of carbonyl (C=O) groups excluding carboxylic acids is 1. The number of anilines is 1. The van der Waals surface area contributed by atoms with Crippen LogP contribution in [0.25, 0.3) is 0 Å². The maximum Gasteiger partial charge on any atom is 0.338 e. The summed E-state index contributed by atoms with van der Waals surface area (Å²) in [5.74, 6) is -2.73. The summed E-state index contributed by atoms with van der Waals surface area (Å²) in [6, 6.07) is 8.11. The van der Waals surface area contributed by atoms with E-state index in [1.54, 1.807) is 12.1 Å². The fraction of sp³-hybridized carbons (Fsp3) is 0. The SMILES string of the molecule is O=C(Nc1ccc(F)c(C(=O)O)c1)c1ccc(I)c(Cl)c1. The number of hydrogen-bond donors (Lipinski definition) is 2. The van der Waals surface area contributed by atoms with Gasteiger partial charge in [0.1, 0.15) is 5.82 Å². The summed E-state index contributed by atoms with van der Waals surface area (Å²) in [6.45, 7) is 0. The molecule has 108 valence electrons. The van der Waals surface area contributed by atoms with Crippen molar-refractivity contribution >= 4 is 51.8 Å². The first-order chi connectivity index (χ1) is 9.88. The molecule has 1 amide bonds. The smallest absolute Gasteiger partial charge is 0.338 e. The largest absolute Gasteiger partial charge is 0.478 e. The van der Waals surface area contributed by atoms with Crippen molar-refractivity contribution in [3.05, 3.63) is 61.9 Å². The number of carbonyl (C=O) groups is 2. The minimum Gasteiger partial charge on any atom is -0.478 e. The van der Waals surface area contributed by atoms with E-state index in [4.69, 9.17) is 16.7 Å². The lowest BCUT2D eigenvalue weighted by atomic mass is 10.1. The zero-order valence-electron chi connectivity index (χ0n) is 10.4. The van der Waals surface area contributed by atoms with E-state index < -0.39 is 23.3 Å². The van der Waals surface area contributed by atoms with Crippen LogP contribution in [0.4, 0.5) is 10.1 Å². The molecule has 0 atom stereocenters. The molecule has 7 heteroatoms. The first-order valence-electron chi connectivity index (χ1n) is 5.67. The molecule has 0 aliphatic rings. The number of carboxylic acids is 1. The van der Waals surface area contributed by atoms with Gasteiger partial charge >= 0.3 is 5.97 Å². The molecule has 0 bridgehead atoms. The number of halogens is 3. The van der Waals surface area contributed by atoms with E-state index >= 15 is 0 Å². The molecular weight excluding hydrogens is 412 g/mol. The van der Waals surface area contributed by atoms with Crippen LogP contribution in [-0.2, 0) is 0 Å². The van der Waals surface area contributed by atoms with Crippen LogP contribution in [0.3, 0.4) is 0 Å². The van der Waals surface area contributed by atoms with E-state index in [0.717, 1.165) is 15.7 Å². The number of carboxylic acid groups (broad SMARTS) is 1. The summed E-state index contributed by atoms with van der Waals surface area (Å²) < 4.78 is 14.1. The van der Waals surface area contributed by atoms with Gasteiger partial charge in [0, 0.05) is 14.8 Å². The van der Waals surface area contributed by atoms with Crippen LogP contribution in [0.15, 0.2) is 36.4 Å². The molecule has 2 aromatic carbocycles. The summed E-state index contributed by atoms with van der Waals surface area (Å²) in [5, 5.41) is 11.8. The molecule has 0 saturated heterocycles. The van der Waals surface area contributed by atoms with E-state index in [-0.39, 0.29) is 5.69 Å². The molecule has 0 heterocycles. The van der Waals surface area contributed by atoms with E-state index in [2.05, 4.69) is 5.32 Å². The molecule has 0 aromatic heterocycles. The predicted molar refractivity (Wildman–Crippen MR) is 85.5 cm³/mol. The second-order valence-electron chi connectivity index (χ2n) is 4.08. The third kappa shape index (κ3) is 3.70. The van der Waals surface area contributed by atoms with Crippen molar-refractivity contribution < 1.29 is 19.1 Å². The number of aromatic carboxylic acids is 1. The Morgan fingerprint density at radius 2 is 1.90 bits per heavy atom. The number of rotatable bonds is 3. The zero-order chi connectivity index (χ0) is 15.6. The molecule has 0 spiro atoms. The summed E-state index contributed by atoms with van der Waals surface area (Å²) in [6.07, 6.45) is 0. The van der Waals surface area contributed by atoms with Gasteiger partial charge < -0.3 is 10.4 Å². The summed E-state index contributed by atoms with van der Waals surface area (Å²) in [7, 11) is 0. The van der Waals surface area contributed by atoms with Crippen LogP contribution in [-0.4, -0.2) is 17.0 Å². The summed E-state index contributed by atoms with van der Waals surface area (Å²) in [5.41, 5.74) is 0.00327. The van der Waals surface area contributed by atoms with Crippen molar-refractivity contribution in [1.29, 1.82) is 0 Å². The molecule has 2 aromatic rings. The van der Waals surface area contributed by atoms with Crippen LogP contribution >= 0.6 is 34.2 Å². The van der Waals surface area contributed by atoms with Crippen LogP contribution in [0.5, 0.6) is 0 Å². The van der Waals surface area contributed by atoms with Crippen molar-refractivity contribution in [2.45, 2.75) is 0 Å². The third-order valence-corrected chi connectivity index (χ3v) is 4.21. The third-order valence-electron chi connectivity index (χ3n) is 2.64. The summed E-state index contributed by atoms with van der Waals surface area (Å²) in [4.78, 5) is 22.9. The van der Waals surface area contributed by atoms with Gasteiger partial charge in [0.15, 0.2) is 0 Å². The van der Waals surface area contributed by atoms with Gasteiger partial charge in [-0.25, -0.2) is 9.18 Å². The standard InChI is InChI=1S/C14H8ClFINO3/c15-10-5-7(1-4-12(10)17)13(19)18-8-2-3-11(16)9(6-8)14(20)21/h1-6H,(H,18,19)(H,20,21). The highest BCUT2D eigenvalue weighted by molar-refractivity contribution is 14.1. The molecular formula is C14H8ClFINO3. The molecule has 2 N–H and O–H groups in total. The number of benzene rings is 2. The van der Waals surface area contributed by atoms with Gasteiger partial charge in [-0.3, -0.25) is 4.79 Å². The topological polar surface area (TPSA) is 66.4 Å². The van der Waals surface area contributed by atoms with E-state index in [0.29, 0.717) is 10.6 Å². The second kappa shape index (κ2) is 6.40. The monoisotopic (exact) mass is 419 g/mol. The molecule has 0 saturated carbocycles. The Morgan fingerprint density at radius 3 is 2.52 bits per heavy atom. The highest BCUT2D eigenvalue weighted by atomic mass is 127. The summed E-state index contributed by atoms with van der Waals surface area (Å²) >= 11 is 7.97. The van der Waals surface area contributed by atoms with Crippen molar-refractivity contribution in [3.63, 3.8) is 0 Å². The molecule has 0 aliphatic heterocycles. The number of amides is 1. The Bertz CT molecular complexity index is 736. The fourth-order valence-electron chi connectivity index (χ4n) is 1.61.